The molecule has 2 heterocycles. The van der Waals surface area contributed by atoms with Gasteiger partial charge >= 0.3 is 6.18 Å². The van der Waals surface area contributed by atoms with E-state index in [1.54, 1.807) is 6.07 Å². The first kappa shape index (κ1) is 12.1. The van der Waals surface area contributed by atoms with Gasteiger partial charge in [0.25, 0.3) is 0 Å². The first-order valence-corrected chi connectivity index (χ1v) is 5.40. The molecule has 0 aliphatic rings. The van der Waals surface area contributed by atoms with Gasteiger partial charge in [-0.3, -0.25) is 5.10 Å². The highest BCUT2D eigenvalue weighted by atomic mass is 32.1. The Morgan fingerprint density at radius 1 is 1.35 bits per heavy atom. The summed E-state index contributed by atoms with van der Waals surface area (Å²) in [5, 5.41) is 2.92. The van der Waals surface area contributed by atoms with E-state index in [2.05, 4.69) is 10.1 Å². The summed E-state index contributed by atoms with van der Waals surface area (Å²) in [4.78, 5) is 3.55. The third-order valence-electron chi connectivity index (χ3n) is 2.38. The maximum atomic E-state index is 12.5. The molecule has 0 aliphatic heterocycles. The molecule has 2 aromatic heterocycles. The van der Waals surface area contributed by atoms with Crippen LogP contribution in [0.25, 0.3) is 5.65 Å². The lowest BCUT2D eigenvalue weighted by Crippen LogP contribution is -2.09. The molecule has 2 rings (SSSR count). The molecule has 17 heavy (non-hydrogen) atoms. The molecule has 7 heteroatoms. The minimum atomic E-state index is -4.47. The third kappa shape index (κ3) is 2.19. The average Bonchev–Trinajstić information content (AvgIpc) is 2.60. The van der Waals surface area contributed by atoms with Crippen molar-refractivity contribution >= 4 is 17.9 Å². The number of hydrogen-bond donors (Lipinski definition) is 1. The van der Waals surface area contributed by atoms with Crippen LogP contribution in [0.2, 0.25) is 0 Å². The average molecular weight is 261 g/mol. The molecule has 0 saturated heterocycles. The fourth-order valence-corrected chi connectivity index (χ4v) is 1.70. The maximum absolute atomic E-state index is 12.5. The summed E-state index contributed by atoms with van der Waals surface area (Å²) in [6.07, 6.45) is -4.47. The second kappa shape index (κ2) is 3.83. The van der Waals surface area contributed by atoms with Gasteiger partial charge in [-0.05, 0) is 5.92 Å². The number of H-pyrrole nitrogens is 1. The molecule has 2 aromatic rings. The lowest BCUT2D eigenvalue weighted by molar-refractivity contribution is -0.141. The van der Waals surface area contributed by atoms with Gasteiger partial charge in [0.15, 0.2) is 5.65 Å². The summed E-state index contributed by atoms with van der Waals surface area (Å²) in [6, 6.07) is 2.43. The fourth-order valence-electron chi connectivity index (χ4n) is 1.45. The Bertz CT molecular complexity index is 609. The molecule has 0 saturated carbocycles. The van der Waals surface area contributed by atoms with E-state index in [0.717, 1.165) is 11.8 Å². The third-order valence-corrected chi connectivity index (χ3v) is 2.68. The number of alkyl halides is 3. The minimum absolute atomic E-state index is 0.0641. The molecule has 0 aromatic carbocycles. The van der Waals surface area contributed by atoms with E-state index in [-0.39, 0.29) is 16.2 Å². The molecule has 0 atom stereocenters. The van der Waals surface area contributed by atoms with Crippen LogP contribution in [0, 0.1) is 4.64 Å². The quantitative estimate of drug-likeness (QED) is 0.796. The fraction of sp³-hybridized carbons (Fsp3) is 0.400. The monoisotopic (exact) mass is 261 g/mol. The van der Waals surface area contributed by atoms with Crippen molar-refractivity contribution in [2.75, 3.05) is 0 Å². The molecule has 0 radical (unpaired) electrons. The number of halogens is 3. The molecule has 0 spiro atoms. The summed E-state index contributed by atoms with van der Waals surface area (Å²) in [5.74, 6) is 0.167. The Balaban J connectivity index is 2.70. The lowest BCUT2D eigenvalue weighted by Gasteiger charge is -2.05. The summed E-state index contributed by atoms with van der Waals surface area (Å²) in [5.41, 5.74) is 0.0215. The highest BCUT2D eigenvalue weighted by molar-refractivity contribution is 7.71. The van der Waals surface area contributed by atoms with Gasteiger partial charge in [0.2, 0.25) is 0 Å². The molecule has 0 unspecified atom stereocenters. The summed E-state index contributed by atoms with van der Waals surface area (Å²) in [6.45, 7) is 3.86. The SMILES string of the molecule is CC(C)c1cc2nc(C(F)(F)F)cc(=S)n2[nH]1. The van der Waals surface area contributed by atoms with Crippen LogP contribution < -0.4 is 0 Å². The number of aromatic amines is 1. The Morgan fingerprint density at radius 3 is 2.53 bits per heavy atom. The normalized spacial score (nSPS) is 12.6. The van der Waals surface area contributed by atoms with E-state index in [1.807, 2.05) is 13.8 Å². The van der Waals surface area contributed by atoms with Crippen LogP contribution in [0.4, 0.5) is 13.2 Å². The molecule has 0 bridgehead atoms. The standard InChI is InChI=1S/C10H10F3N3S/c1-5(2)6-3-8-14-7(10(11,12)13)4-9(17)16(8)15-6/h3-5,15H,1-2H3. The van der Waals surface area contributed by atoms with Gasteiger partial charge in [-0.2, -0.15) is 13.2 Å². The molecule has 3 nitrogen and oxygen atoms in total. The van der Waals surface area contributed by atoms with Gasteiger partial charge in [0, 0.05) is 17.8 Å². The van der Waals surface area contributed by atoms with E-state index in [4.69, 9.17) is 12.2 Å². The number of rotatable bonds is 1. The molecule has 0 fully saturated rings. The van der Waals surface area contributed by atoms with E-state index >= 15 is 0 Å². The van der Waals surface area contributed by atoms with Gasteiger partial charge in [-0.25, -0.2) is 9.50 Å². The van der Waals surface area contributed by atoms with Crippen molar-refractivity contribution in [2.45, 2.75) is 25.9 Å². The van der Waals surface area contributed by atoms with Crippen molar-refractivity contribution in [1.29, 1.82) is 0 Å². The van der Waals surface area contributed by atoms with Crippen molar-refractivity contribution in [3.63, 3.8) is 0 Å². The molecule has 0 amide bonds. The van der Waals surface area contributed by atoms with E-state index in [9.17, 15) is 13.2 Å². The molecule has 0 aliphatic carbocycles. The molecular weight excluding hydrogens is 251 g/mol. The number of aromatic nitrogens is 3. The first-order chi connectivity index (χ1) is 7.79. The van der Waals surface area contributed by atoms with Gasteiger partial charge in [0.05, 0.1) is 0 Å². The van der Waals surface area contributed by atoms with Gasteiger partial charge in [-0.1, -0.05) is 26.1 Å². The van der Waals surface area contributed by atoms with Crippen molar-refractivity contribution in [1.82, 2.24) is 14.6 Å². The van der Waals surface area contributed by atoms with Crippen molar-refractivity contribution < 1.29 is 13.2 Å². The van der Waals surface area contributed by atoms with E-state index < -0.39 is 11.9 Å². The van der Waals surface area contributed by atoms with Gasteiger partial charge in [-0.15, -0.1) is 0 Å². The predicted octanol–water partition coefficient (Wildman–Crippen LogP) is 3.53. The Labute approximate surface area is 100 Å². The van der Waals surface area contributed by atoms with Crippen molar-refractivity contribution in [3.8, 4) is 0 Å². The van der Waals surface area contributed by atoms with Crippen LogP contribution in [-0.4, -0.2) is 14.6 Å². The lowest BCUT2D eigenvalue weighted by atomic mass is 10.1. The second-order valence-corrected chi connectivity index (χ2v) is 4.46. The Morgan fingerprint density at radius 2 is 2.00 bits per heavy atom. The van der Waals surface area contributed by atoms with Crippen LogP contribution in [0.1, 0.15) is 31.2 Å². The number of fused-ring (bicyclic) bond motifs is 1. The maximum Gasteiger partial charge on any atom is 0.433 e. The smallest absolute Gasteiger partial charge is 0.295 e. The van der Waals surface area contributed by atoms with Gasteiger partial charge in [0.1, 0.15) is 10.3 Å². The summed E-state index contributed by atoms with van der Waals surface area (Å²) in [7, 11) is 0. The first-order valence-electron chi connectivity index (χ1n) is 4.99. The molecule has 1 N–H and O–H groups in total. The van der Waals surface area contributed by atoms with Crippen LogP contribution in [0.5, 0.6) is 0 Å². The molecular formula is C10H10F3N3S. The Hall–Kier alpha value is -1.37. The number of nitrogens with zero attached hydrogens (tertiary/aromatic N) is 2. The molecule has 92 valence electrons. The highest BCUT2D eigenvalue weighted by Crippen LogP contribution is 2.28. The van der Waals surface area contributed by atoms with Crippen molar-refractivity contribution in [3.05, 3.63) is 28.2 Å². The van der Waals surface area contributed by atoms with Crippen LogP contribution >= 0.6 is 12.2 Å². The number of hydrogen-bond acceptors (Lipinski definition) is 2. The second-order valence-electron chi connectivity index (χ2n) is 4.04. The van der Waals surface area contributed by atoms with E-state index in [1.165, 1.54) is 4.52 Å². The largest absolute Gasteiger partial charge is 0.433 e. The zero-order valence-electron chi connectivity index (χ0n) is 9.17. The van der Waals surface area contributed by atoms with E-state index in [0.29, 0.717) is 0 Å². The zero-order chi connectivity index (χ0) is 12.8. The van der Waals surface area contributed by atoms with Gasteiger partial charge < -0.3 is 0 Å². The summed E-state index contributed by atoms with van der Waals surface area (Å²) < 4.78 is 39.0. The topological polar surface area (TPSA) is 33.1 Å². The highest BCUT2D eigenvalue weighted by Gasteiger charge is 2.33. The number of nitrogens with one attached hydrogen (secondary N) is 1. The van der Waals surface area contributed by atoms with Crippen LogP contribution in [0.15, 0.2) is 12.1 Å². The van der Waals surface area contributed by atoms with Crippen molar-refractivity contribution in [2.24, 2.45) is 0 Å². The Kier molecular flexibility index (Phi) is 2.73. The predicted molar refractivity (Wildman–Crippen MR) is 59.5 cm³/mol. The minimum Gasteiger partial charge on any atom is -0.295 e. The summed E-state index contributed by atoms with van der Waals surface area (Å²) >= 11 is 4.90. The van der Waals surface area contributed by atoms with Crippen LogP contribution in [-0.2, 0) is 6.18 Å². The zero-order valence-corrected chi connectivity index (χ0v) is 9.99. The van der Waals surface area contributed by atoms with Crippen LogP contribution in [0.3, 0.4) is 0 Å².